The van der Waals surface area contributed by atoms with Gasteiger partial charge in [0, 0.05) is 18.8 Å². The molecule has 2 N–H and O–H groups in total. The van der Waals surface area contributed by atoms with E-state index in [2.05, 4.69) is 10.0 Å². The number of benzene rings is 1. The third kappa shape index (κ3) is 4.42. The highest BCUT2D eigenvalue weighted by Crippen LogP contribution is 2.24. The number of hydrogen-bond acceptors (Lipinski definition) is 5. The maximum absolute atomic E-state index is 12.4. The number of piperidine rings is 1. The molecule has 0 bridgehead atoms. The van der Waals surface area contributed by atoms with Crippen LogP contribution >= 0.6 is 11.6 Å². The molecule has 6 nitrogen and oxygen atoms in total. The lowest BCUT2D eigenvalue weighted by atomic mass is 10.1. The first-order valence-corrected chi connectivity index (χ1v) is 10.7. The van der Waals surface area contributed by atoms with Gasteiger partial charge in [0.25, 0.3) is 0 Å². The van der Waals surface area contributed by atoms with Crippen molar-refractivity contribution in [2.75, 3.05) is 19.3 Å². The Morgan fingerprint density at radius 3 is 2.59 bits per heavy atom. The average molecular weight is 367 g/mol. The lowest BCUT2D eigenvalue weighted by Crippen LogP contribution is -2.43. The minimum absolute atomic E-state index is 0.00324. The number of sulfone groups is 1. The van der Waals surface area contributed by atoms with E-state index in [1.165, 1.54) is 12.1 Å². The van der Waals surface area contributed by atoms with Gasteiger partial charge in [-0.15, -0.1) is 0 Å². The minimum Gasteiger partial charge on any atom is -0.313 e. The fraction of sp³-hybridized carbons (Fsp3) is 0.538. The fourth-order valence-electron chi connectivity index (χ4n) is 2.31. The highest BCUT2D eigenvalue weighted by molar-refractivity contribution is 7.91. The van der Waals surface area contributed by atoms with E-state index < -0.39 is 19.9 Å². The molecule has 1 saturated heterocycles. The Morgan fingerprint density at radius 1 is 1.27 bits per heavy atom. The van der Waals surface area contributed by atoms with Crippen molar-refractivity contribution in [2.45, 2.75) is 35.1 Å². The Balaban J connectivity index is 2.21. The van der Waals surface area contributed by atoms with Crippen LogP contribution in [0.3, 0.4) is 0 Å². The molecule has 1 aliphatic rings. The molecule has 0 amide bonds. The van der Waals surface area contributed by atoms with Crippen LogP contribution in [0, 0.1) is 0 Å². The van der Waals surface area contributed by atoms with Gasteiger partial charge in [-0.2, -0.15) is 0 Å². The Labute approximate surface area is 136 Å². The molecule has 9 heteroatoms. The van der Waals surface area contributed by atoms with Crippen LogP contribution in [0.4, 0.5) is 0 Å². The summed E-state index contributed by atoms with van der Waals surface area (Å²) in [4.78, 5) is -0.291. The number of halogens is 1. The van der Waals surface area contributed by atoms with Crippen LogP contribution in [-0.4, -0.2) is 42.2 Å². The van der Waals surface area contributed by atoms with Crippen molar-refractivity contribution in [3.8, 4) is 0 Å². The van der Waals surface area contributed by atoms with Gasteiger partial charge < -0.3 is 5.32 Å². The minimum atomic E-state index is -3.86. The molecule has 1 fully saturated rings. The highest BCUT2D eigenvalue weighted by atomic mass is 35.5. The van der Waals surface area contributed by atoms with Crippen molar-refractivity contribution < 1.29 is 16.8 Å². The van der Waals surface area contributed by atoms with E-state index in [0.717, 1.165) is 38.1 Å². The average Bonchev–Trinajstić information content (AvgIpc) is 2.45. The van der Waals surface area contributed by atoms with E-state index in [1.807, 2.05) is 0 Å². The number of rotatable bonds is 5. The zero-order valence-corrected chi connectivity index (χ0v) is 14.6. The summed E-state index contributed by atoms with van der Waals surface area (Å²) in [7, 11) is -7.36. The standard InChI is InChI=1S/C13H19ClN2O4S2/c1-21(17,18)11-5-6-12(14)13(8-11)22(19,20)16-9-10-4-2-3-7-15-10/h5-6,8,10,15-16H,2-4,7,9H2,1H3/t10-/m0/s1. The van der Waals surface area contributed by atoms with Gasteiger partial charge >= 0.3 is 0 Å². The normalized spacial score (nSPS) is 20.0. The Bertz CT molecular complexity index is 741. The van der Waals surface area contributed by atoms with Crippen LogP contribution in [0.2, 0.25) is 5.02 Å². The SMILES string of the molecule is CS(=O)(=O)c1ccc(Cl)c(S(=O)(=O)NC[C@@H]2CCCCN2)c1. The topological polar surface area (TPSA) is 92.3 Å². The van der Waals surface area contributed by atoms with Crippen LogP contribution in [0.25, 0.3) is 0 Å². The van der Waals surface area contributed by atoms with Crippen molar-refractivity contribution in [3.05, 3.63) is 23.2 Å². The van der Waals surface area contributed by atoms with E-state index in [-0.39, 0.29) is 27.4 Å². The Kier molecular flexibility index (Phi) is 5.50. The molecule has 0 aromatic heterocycles. The summed E-state index contributed by atoms with van der Waals surface area (Å²) in [5, 5.41) is 3.23. The first kappa shape index (κ1) is 17.7. The second kappa shape index (κ2) is 6.84. The van der Waals surface area contributed by atoms with E-state index in [9.17, 15) is 16.8 Å². The smallest absolute Gasteiger partial charge is 0.242 e. The summed E-state index contributed by atoms with van der Waals surface area (Å²) in [5.74, 6) is 0. The summed E-state index contributed by atoms with van der Waals surface area (Å²) >= 11 is 5.92. The van der Waals surface area contributed by atoms with Gasteiger partial charge in [-0.25, -0.2) is 21.6 Å². The monoisotopic (exact) mass is 366 g/mol. The molecule has 0 saturated carbocycles. The van der Waals surface area contributed by atoms with Gasteiger partial charge in [0.2, 0.25) is 10.0 Å². The third-order valence-corrected chi connectivity index (χ3v) is 6.57. The maximum Gasteiger partial charge on any atom is 0.242 e. The Morgan fingerprint density at radius 2 is 2.00 bits per heavy atom. The van der Waals surface area contributed by atoms with Crippen molar-refractivity contribution >= 4 is 31.5 Å². The summed E-state index contributed by atoms with van der Waals surface area (Å²) in [5.41, 5.74) is 0. The molecule has 0 unspecified atom stereocenters. The molecule has 124 valence electrons. The van der Waals surface area contributed by atoms with Gasteiger partial charge in [0.1, 0.15) is 4.90 Å². The molecule has 22 heavy (non-hydrogen) atoms. The fourth-order valence-corrected chi connectivity index (χ4v) is 4.63. The second-order valence-electron chi connectivity index (χ2n) is 5.36. The predicted octanol–water partition coefficient (Wildman–Crippen LogP) is 1.16. The lowest BCUT2D eigenvalue weighted by molar-refractivity contribution is 0.398. The van der Waals surface area contributed by atoms with Crippen LogP contribution < -0.4 is 10.0 Å². The van der Waals surface area contributed by atoms with Crippen molar-refractivity contribution in [2.24, 2.45) is 0 Å². The summed E-state index contributed by atoms with van der Waals surface area (Å²) in [6.45, 7) is 1.12. The molecule has 0 spiro atoms. The van der Waals surface area contributed by atoms with Gasteiger partial charge in [-0.3, -0.25) is 0 Å². The Hall–Kier alpha value is -0.670. The van der Waals surface area contributed by atoms with Gasteiger partial charge in [0.15, 0.2) is 9.84 Å². The molecule has 1 aromatic rings. The molecule has 0 radical (unpaired) electrons. The molecular weight excluding hydrogens is 348 g/mol. The molecule has 2 rings (SSSR count). The van der Waals surface area contributed by atoms with Crippen LogP contribution in [0.5, 0.6) is 0 Å². The first-order chi connectivity index (χ1) is 10.2. The summed E-state index contributed by atoms with van der Waals surface area (Å²) in [6, 6.07) is 3.75. The van der Waals surface area contributed by atoms with Crippen LogP contribution in [-0.2, 0) is 19.9 Å². The molecule has 0 aliphatic carbocycles. The molecule has 1 aromatic carbocycles. The maximum atomic E-state index is 12.4. The van der Waals surface area contributed by atoms with E-state index >= 15 is 0 Å². The second-order valence-corrected chi connectivity index (χ2v) is 9.52. The van der Waals surface area contributed by atoms with Crippen molar-refractivity contribution in [1.82, 2.24) is 10.0 Å². The quantitative estimate of drug-likeness (QED) is 0.815. The van der Waals surface area contributed by atoms with Crippen molar-refractivity contribution in [1.29, 1.82) is 0 Å². The number of nitrogens with one attached hydrogen (secondary N) is 2. The number of hydrogen-bond donors (Lipinski definition) is 2. The first-order valence-electron chi connectivity index (χ1n) is 6.93. The van der Waals surface area contributed by atoms with Gasteiger partial charge in [-0.05, 0) is 37.6 Å². The van der Waals surface area contributed by atoms with E-state index in [4.69, 9.17) is 11.6 Å². The molecule has 1 aliphatic heterocycles. The zero-order chi connectivity index (χ0) is 16.4. The predicted molar refractivity (Wildman–Crippen MR) is 85.4 cm³/mol. The lowest BCUT2D eigenvalue weighted by Gasteiger charge is -2.23. The van der Waals surface area contributed by atoms with Crippen LogP contribution in [0.1, 0.15) is 19.3 Å². The third-order valence-electron chi connectivity index (χ3n) is 3.55. The van der Waals surface area contributed by atoms with E-state index in [1.54, 1.807) is 0 Å². The summed E-state index contributed by atoms with van der Waals surface area (Å²) in [6.07, 6.45) is 4.07. The molecule has 1 heterocycles. The van der Waals surface area contributed by atoms with Gasteiger partial charge in [-0.1, -0.05) is 18.0 Å². The molecular formula is C13H19ClN2O4S2. The van der Waals surface area contributed by atoms with E-state index in [0.29, 0.717) is 0 Å². The molecule has 1 atom stereocenters. The van der Waals surface area contributed by atoms with Gasteiger partial charge in [0.05, 0.1) is 9.92 Å². The summed E-state index contributed by atoms with van der Waals surface area (Å²) < 4.78 is 50.3. The van der Waals surface area contributed by atoms with Crippen LogP contribution in [0.15, 0.2) is 28.0 Å². The highest BCUT2D eigenvalue weighted by Gasteiger charge is 2.22. The number of sulfonamides is 1. The zero-order valence-electron chi connectivity index (χ0n) is 12.2. The largest absolute Gasteiger partial charge is 0.313 e. The van der Waals surface area contributed by atoms with Crippen molar-refractivity contribution in [3.63, 3.8) is 0 Å².